The van der Waals surface area contributed by atoms with Crippen molar-refractivity contribution < 1.29 is 0 Å². The zero-order valence-corrected chi connectivity index (χ0v) is 8.83. The van der Waals surface area contributed by atoms with Crippen molar-refractivity contribution >= 4 is 17.4 Å². The summed E-state index contributed by atoms with van der Waals surface area (Å²) in [6.07, 6.45) is 2.72. The third-order valence-corrected chi connectivity index (χ3v) is 2.71. The lowest BCUT2D eigenvalue weighted by Crippen LogP contribution is -2.24. The zero-order valence-electron chi connectivity index (χ0n) is 8.07. The highest BCUT2D eigenvalue weighted by molar-refractivity contribution is 6.32. The number of likely N-dealkylation sites (N-methyl/N-ethyl adjacent to an activating group) is 1. The van der Waals surface area contributed by atoms with Crippen molar-refractivity contribution in [3.8, 4) is 0 Å². The maximum absolute atomic E-state index is 5.96. The SMILES string of the molecule is CN1CC[C@@H](Nc2nnccc2Cl)C1. The van der Waals surface area contributed by atoms with Crippen LogP contribution in [0.2, 0.25) is 5.02 Å². The molecule has 1 aromatic rings. The van der Waals surface area contributed by atoms with Gasteiger partial charge in [0.25, 0.3) is 0 Å². The first kappa shape index (κ1) is 9.68. The molecular weight excluding hydrogens is 200 g/mol. The molecule has 1 aliphatic heterocycles. The number of aromatic nitrogens is 2. The van der Waals surface area contributed by atoms with Crippen LogP contribution in [0.1, 0.15) is 6.42 Å². The molecule has 0 bridgehead atoms. The number of hydrogen-bond donors (Lipinski definition) is 1. The molecule has 2 rings (SSSR count). The predicted octanol–water partition coefficient (Wildman–Crippen LogP) is 1.25. The van der Waals surface area contributed by atoms with Crippen molar-refractivity contribution in [3.05, 3.63) is 17.3 Å². The number of halogens is 1. The molecule has 1 saturated heterocycles. The van der Waals surface area contributed by atoms with Crippen LogP contribution < -0.4 is 5.32 Å². The minimum Gasteiger partial charge on any atom is -0.363 e. The Kier molecular flexibility index (Phi) is 2.84. The molecule has 0 amide bonds. The highest BCUT2D eigenvalue weighted by Gasteiger charge is 2.20. The Balaban J connectivity index is 2.01. The Morgan fingerprint density at radius 2 is 2.50 bits per heavy atom. The molecule has 1 N–H and O–H groups in total. The fourth-order valence-electron chi connectivity index (χ4n) is 1.66. The van der Waals surface area contributed by atoms with Crippen molar-refractivity contribution in [2.75, 3.05) is 25.5 Å². The molecular formula is C9H13ClN4. The molecule has 0 radical (unpaired) electrons. The van der Waals surface area contributed by atoms with Gasteiger partial charge in [0.05, 0.1) is 11.2 Å². The fraction of sp³-hybridized carbons (Fsp3) is 0.556. The van der Waals surface area contributed by atoms with E-state index >= 15 is 0 Å². The van der Waals surface area contributed by atoms with Crippen LogP contribution >= 0.6 is 11.6 Å². The first-order valence-corrected chi connectivity index (χ1v) is 5.06. The summed E-state index contributed by atoms with van der Waals surface area (Å²) in [4.78, 5) is 2.28. The summed E-state index contributed by atoms with van der Waals surface area (Å²) in [5.41, 5.74) is 0. The highest BCUT2D eigenvalue weighted by atomic mass is 35.5. The fourth-order valence-corrected chi connectivity index (χ4v) is 1.81. The standard InChI is InChI=1S/C9H13ClN4/c1-14-5-3-7(6-14)12-9-8(10)2-4-11-13-9/h2,4,7H,3,5-6H2,1H3,(H,12,13)/t7-/m1/s1. The second-order valence-corrected chi connectivity index (χ2v) is 4.03. The van der Waals surface area contributed by atoms with Crippen molar-refractivity contribution in [2.24, 2.45) is 0 Å². The van der Waals surface area contributed by atoms with Crippen LogP contribution in [0.4, 0.5) is 5.82 Å². The van der Waals surface area contributed by atoms with E-state index in [1.54, 1.807) is 12.3 Å². The van der Waals surface area contributed by atoms with E-state index in [4.69, 9.17) is 11.6 Å². The van der Waals surface area contributed by atoms with Gasteiger partial charge in [-0.05, 0) is 26.1 Å². The van der Waals surface area contributed by atoms with Crippen molar-refractivity contribution in [1.82, 2.24) is 15.1 Å². The monoisotopic (exact) mass is 212 g/mol. The predicted molar refractivity (Wildman–Crippen MR) is 56.6 cm³/mol. The third-order valence-electron chi connectivity index (χ3n) is 2.40. The van der Waals surface area contributed by atoms with Crippen LogP contribution in [-0.2, 0) is 0 Å². The van der Waals surface area contributed by atoms with Crippen LogP contribution in [0.3, 0.4) is 0 Å². The van der Waals surface area contributed by atoms with Crippen LogP contribution in [0.15, 0.2) is 12.3 Å². The average molecular weight is 213 g/mol. The minimum absolute atomic E-state index is 0.439. The van der Waals surface area contributed by atoms with Gasteiger partial charge in [0.2, 0.25) is 0 Å². The van der Waals surface area contributed by atoms with Gasteiger partial charge in [-0.3, -0.25) is 0 Å². The largest absolute Gasteiger partial charge is 0.363 e. The van der Waals surface area contributed by atoms with Crippen molar-refractivity contribution in [3.63, 3.8) is 0 Å². The lowest BCUT2D eigenvalue weighted by molar-refractivity contribution is 0.414. The molecule has 2 heterocycles. The van der Waals surface area contributed by atoms with Gasteiger partial charge in [0.1, 0.15) is 0 Å². The maximum atomic E-state index is 5.96. The number of nitrogens with zero attached hydrogens (tertiary/aromatic N) is 3. The Morgan fingerprint density at radius 3 is 3.14 bits per heavy atom. The summed E-state index contributed by atoms with van der Waals surface area (Å²) < 4.78 is 0. The van der Waals surface area contributed by atoms with Gasteiger partial charge in [-0.1, -0.05) is 11.6 Å². The summed E-state index contributed by atoms with van der Waals surface area (Å²) in [6.45, 7) is 2.16. The third kappa shape index (κ3) is 2.13. The van der Waals surface area contributed by atoms with Gasteiger partial charge in [0.15, 0.2) is 5.82 Å². The lowest BCUT2D eigenvalue weighted by atomic mass is 10.2. The number of nitrogens with one attached hydrogen (secondary N) is 1. The number of hydrogen-bond acceptors (Lipinski definition) is 4. The Morgan fingerprint density at radius 1 is 1.64 bits per heavy atom. The minimum atomic E-state index is 0.439. The molecule has 1 atom stereocenters. The summed E-state index contributed by atoms with van der Waals surface area (Å²) >= 11 is 5.96. The van der Waals surface area contributed by atoms with Crippen LogP contribution in [0.25, 0.3) is 0 Å². The Hall–Kier alpha value is -0.870. The first-order valence-electron chi connectivity index (χ1n) is 4.68. The molecule has 0 unspecified atom stereocenters. The smallest absolute Gasteiger partial charge is 0.167 e. The molecule has 0 aliphatic carbocycles. The summed E-state index contributed by atoms with van der Waals surface area (Å²) in [5, 5.41) is 11.7. The van der Waals surface area contributed by atoms with E-state index in [0.717, 1.165) is 19.5 Å². The zero-order chi connectivity index (χ0) is 9.97. The summed E-state index contributed by atoms with van der Waals surface area (Å²) in [6, 6.07) is 2.18. The first-order chi connectivity index (χ1) is 6.75. The van der Waals surface area contributed by atoms with Crippen LogP contribution in [0, 0.1) is 0 Å². The van der Waals surface area contributed by atoms with E-state index in [2.05, 4.69) is 27.5 Å². The van der Waals surface area contributed by atoms with Crippen LogP contribution in [-0.4, -0.2) is 41.3 Å². The topological polar surface area (TPSA) is 41.0 Å². The van der Waals surface area contributed by atoms with E-state index < -0.39 is 0 Å². The molecule has 76 valence electrons. The van der Waals surface area contributed by atoms with E-state index in [0.29, 0.717) is 16.9 Å². The molecule has 1 aromatic heterocycles. The van der Waals surface area contributed by atoms with E-state index in [9.17, 15) is 0 Å². The van der Waals surface area contributed by atoms with Gasteiger partial charge in [-0.25, -0.2) is 0 Å². The average Bonchev–Trinajstić information content (AvgIpc) is 2.56. The second kappa shape index (κ2) is 4.11. The van der Waals surface area contributed by atoms with Crippen molar-refractivity contribution in [2.45, 2.75) is 12.5 Å². The quantitative estimate of drug-likeness (QED) is 0.801. The normalized spacial score (nSPS) is 22.6. The van der Waals surface area contributed by atoms with Crippen molar-refractivity contribution in [1.29, 1.82) is 0 Å². The van der Waals surface area contributed by atoms with Gasteiger partial charge in [-0.15, -0.1) is 5.10 Å². The van der Waals surface area contributed by atoms with E-state index in [-0.39, 0.29) is 0 Å². The van der Waals surface area contributed by atoms with Crippen LogP contribution in [0.5, 0.6) is 0 Å². The molecule has 0 spiro atoms. The molecule has 4 nitrogen and oxygen atoms in total. The second-order valence-electron chi connectivity index (χ2n) is 3.62. The number of anilines is 1. The van der Waals surface area contributed by atoms with Gasteiger partial charge in [0, 0.05) is 12.6 Å². The molecule has 14 heavy (non-hydrogen) atoms. The lowest BCUT2D eigenvalue weighted by Gasteiger charge is -2.13. The van der Waals surface area contributed by atoms with Gasteiger partial charge >= 0.3 is 0 Å². The summed E-state index contributed by atoms with van der Waals surface area (Å²) in [5.74, 6) is 0.689. The number of likely N-dealkylation sites (tertiary alicyclic amines) is 1. The Bertz CT molecular complexity index is 317. The van der Waals surface area contributed by atoms with Gasteiger partial charge in [-0.2, -0.15) is 5.10 Å². The number of rotatable bonds is 2. The molecule has 5 heteroatoms. The van der Waals surface area contributed by atoms with E-state index in [1.165, 1.54) is 0 Å². The summed E-state index contributed by atoms with van der Waals surface area (Å²) in [7, 11) is 2.11. The van der Waals surface area contributed by atoms with E-state index in [1.807, 2.05) is 0 Å². The molecule has 1 aliphatic rings. The molecule has 0 aromatic carbocycles. The maximum Gasteiger partial charge on any atom is 0.167 e. The Labute approximate surface area is 88.3 Å². The van der Waals surface area contributed by atoms with Gasteiger partial charge < -0.3 is 10.2 Å². The molecule has 0 saturated carbocycles. The highest BCUT2D eigenvalue weighted by Crippen LogP contribution is 2.19. The molecule has 1 fully saturated rings.